The lowest BCUT2D eigenvalue weighted by molar-refractivity contribution is 0.441. The second-order valence-electron chi connectivity index (χ2n) is 4.18. The average Bonchev–Trinajstić information content (AvgIpc) is 2.18. The van der Waals surface area contributed by atoms with Crippen LogP contribution in [0.1, 0.15) is 46.0 Å². The topological polar surface area (TPSA) is 28.8 Å². The highest BCUT2D eigenvalue weighted by molar-refractivity contribution is 5.84. The third kappa shape index (κ3) is 3.37. The Morgan fingerprint density at radius 1 is 1.36 bits per heavy atom. The van der Waals surface area contributed by atoms with Crippen molar-refractivity contribution in [1.82, 2.24) is 5.43 Å². The van der Waals surface area contributed by atoms with Crippen molar-refractivity contribution < 1.29 is 0 Å². The van der Waals surface area contributed by atoms with Crippen LogP contribution in [0.5, 0.6) is 0 Å². The molecule has 1 rings (SSSR count). The molecule has 14 heavy (non-hydrogen) atoms. The molecular formula is C11H19N3. The van der Waals surface area contributed by atoms with Gasteiger partial charge in [0.25, 0.3) is 0 Å². The summed E-state index contributed by atoms with van der Waals surface area (Å²) < 4.78 is 0. The first-order chi connectivity index (χ1) is 6.74. The van der Waals surface area contributed by atoms with Gasteiger partial charge in [0, 0.05) is 5.92 Å². The van der Waals surface area contributed by atoms with Crippen molar-refractivity contribution in [1.29, 1.82) is 0 Å². The Morgan fingerprint density at radius 2 is 2.00 bits per heavy atom. The molecule has 0 radical (unpaired) electrons. The fourth-order valence-electron chi connectivity index (χ4n) is 1.77. The van der Waals surface area contributed by atoms with Crippen LogP contribution in [0.15, 0.2) is 4.99 Å². The lowest BCUT2D eigenvalue weighted by atomic mass is 9.96. The Bertz CT molecular complexity index is 231. The molecule has 0 saturated heterocycles. The fourth-order valence-corrected chi connectivity index (χ4v) is 1.77. The molecule has 0 aromatic carbocycles. The van der Waals surface area contributed by atoms with Gasteiger partial charge in [-0.1, -0.05) is 38.5 Å². The van der Waals surface area contributed by atoms with Crippen LogP contribution >= 0.6 is 0 Å². The standard InChI is InChI=1S/C11H19N3/c1-9(2)11(14-12-3)13-10-7-5-4-6-8-10/h9-10H,4-8H2,1-2H3,(H,13,14). The molecule has 1 N–H and O–H groups in total. The predicted octanol–water partition coefficient (Wildman–Crippen LogP) is 2.80. The molecule has 0 amide bonds. The first-order valence-corrected chi connectivity index (χ1v) is 5.44. The van der Waals surface area contributed by atoms with E-state index >= 15 is 0 Å². The van der Waals surface area contributed by atoms with E-state index in [-0.39, 0.29) is 0 Å². The zero-order valence-corrected chi connectivity index (χ0v) is 9.08. The number of hydrogen-bond acceptors (Lipinski definition) is 1. The Labute approximate surface area is 86.4 Å². The molecule has 3 heteroatoms. The van der Waals surface area contributed by atoms with Gasteiger partial charge < -0.3 is 0 Å². The molecule has 78 valence electrons. The van der Waals surface area contributed by atoms with E-state index in [0.29, 0.717) is 12.0 Å². The molecule has 0 aromatic rings. The average molecular weight is 193 g/mol. The molecule has 1 fully saturated rings. The maximum Gasteiger partial charge on any atom is 0.173 e. The van der Waals surface area contributed by atoms with Gasteiger partial charge in [0.15, 0.2) is 5.84 Å². The monoisotopic (exact) mass is 193 g/mol. The van der Waals surface area contributed by atoms with Crippen LogP contribution in [0, 0.1) is 12.5 Å². The van der Waals surface area contributed by atoms with Crippen LogP contribution in [-0.4, -0.2) is 11.9 Å². The Kier molecular flexibility index (Phi) is 4.45. The van der Waals surface area contributed by atoms with Gasteiger partial charge in [-0.3, -0.25) is 4.99 Å². The van der Waals surface area contributed by atoms with Crippen molar-refractivity contribution in [3.05, 3.63) is 11.5 Å². The highest BCUT2D eigenvalue weighted by atomic mass is 15.3. The summed E-state index contributed by atoms with van der Waals surface area (Å²) in [5.41, 5.74) is 2.67. The minimum absolute atomic E-state index is 0.325. The molecule has 1 aliphatic rings. The number of hydrogen-bond donors (Lipinski definition) is 1. The predicted molar refractivity (Wildman–Crippen MR) is 58.9 cm³/mol. The molecule has 3 nitrogen and oxygen atoms in total. The Hall–Kier alpha value is -1.04. The van der Waals surface area contributed by atoms with Gasteiger partial charge in [-0.2, -0.15) is 11.5 Å². The molecule has 0 aliphatic heterocycles. The van der Waals surface area contributed by atoms with E-state index in [1.165, 1.54) is 32.1 Å². The number of rotatable bonds is 2. The lowest BCUT2D eigenvalue weighted by Crippen LogP contribution is -2.25. The minimum Gasteiger partial charge on any atom is -0.263 e. The van der Waals surface area contributed by atoms with E-state index in [2.05, 4.69) is 29.2 Å². The number of aliphatic imine (C=N–C) groups is 1. The van der Waals surface area contributed by atoms with Gasteiger partial charge in [-0.15, -0.1) is 0 Å². The van der Waals surface area contributed by atoms with Crippen molar-refractivity contribution in [2.45, 2.75) is 52.0 Å². The normalized spacial score (nSPS) is 19.4. The Balaban J connectivity index is 2.56. The van der Waals surface area contributed by atoms with Crippen molar-refractivity contribution in [3.8, 4) is 0 Å². The second kappa shape index (κ2) is 5.64. The molecule has 0 aromatic heterocycles. The van der Waals surface area contributed by atoms with Crippen LogP contribution in [0.3, 0.4) is 0 Å². The van der Waals surface area contributed by atoms with E-state index in [1.54, 1.807) is 0 Å². The van der Waals surface area contributed by atoms with E-state index in [4.69, 9.17) is 6.57 Å². The number of amidine groups is 1. The summed E-state index contributed by atoms with van der Waals surface area (Å²) >= 11 is 0. The van der Waals surface area contributed by atoms with Crippen molar-refractivity contribution in [2.24, 2.45) is 10.9 Å². The molecular weight excluding hydrogens is 174 g/mol. The fraction of sp³-hybridized carbons (Fsp3) is 0.818. The zero-order valence-electron chi connectivity index (χ0n) is 9.08. The summed E-state index contributed by atoms with van der Waals surface area (Å²) in [6.45, 7) is 10.9. The van der Waals surface area contributed by atoms with E-state index in [9.17, 15) is 0 Å². The van der Waals surface area contributed by atoms with Crippen LogP contribution in [0.4, 0.5) is 0 Å². The van der Waals surface area contributed by atoms with Gasteiger partial charge in [0.1, 0.15) is 0 Å². The highest BCUT2D eigenvalue weighted by Gasteiger charge is 2.15. The molecule has 0 atom stereocenters. The summed E-state index contributed by atoms with van der Waals surface area (Å²) in [4.78, 5) is 7.81. The maximum atomic E-state index is 6.78. The molecule has 0 unspecified atom stereocenters. The summed E-state index contributed by atoms with van der Waals surface area (Å²) in [7, 11) is 0. The van der Waals surface area contributed by atoms with Gasteiger partial charge in [0.2, 0.25) is 0 Å². The van der Waals surface area contributed by atoms with Gasteiger partial charge in [0.05, 0.1) is 6.04 Å². The third-order valence-corrected chi connectivity index (χ3v) is 2.61. The number of nitrogens with one attached hydrogen (secondary N) is 1. The molecule has 0 bridgehead atoms. The van der Waals surface area contributed by atoms with Gasteiger partial charge in [-0.25, -0.2) is 0 Å². The first kappa shape index (κ1) is 11.0. The third-order valence-electron chi connectivity index (χ3n) is 2.61. The largest absolute Gasteiger partial charge is 0.263 e. The van der Waals surface area contributed by atoms with E-state index < -0.39 is 0 Å². The molecule has 1 saturated carbocycles. The molecule has 1 aliphatic carbocycles. The highest BCUT2D eigenvalue weighted by Crippen LogP contribution is 2.20. The van der Waals surface area contributed by atoms with Crippen molar-refractivity contribution in [3.63, 3.8) is 0 Å². The first-order valence-electron chi connectivity index (χ1n) is 5.44. The quantitative estimate of drug-likeness (QED) is 0.311. The van der Waals surface area contributed by atoms with Crippen LogP contribution in [0.2, 0.25) is 0 Å². The Morgan fingerprint density at radius 3 is 2.50 bits per heavy atom. The van der Waals surface area contributed by atoms with Crippen LogP contribution in [-0.2, 0) is 0 Å². The summed E-state index contributed by atoms with van der Waals surface area (Å²) in [6.07, 6.45) is 6.31. The molecule has 0 spiro atoms. The lowest BCUT2D eigenvalue weighted by Gasteiger charge is -2.18. The number of nitrogens with zero attached hydrogens (tertiary/aromatic N) is 2. The van der Waals surface area contributed by atoms with Crippen LogP contribution < -0.4 is 5.43 Å². The second-order valence-corrected chi connectivity index (χ2v) is 4.18. The van der Waals surface area contributed by atoms with Gasteiger partial charge >= 0.3 is 0 Å². The molecule has 0 heterocycles. The summed E-state index contributed by atoms with van der Waals surface area (Å²) in [5.74, 6) is 1.18. The van der Waals surface area contributed by atoms with Crippen molar-refractivity contribution >= 4 is 5.84 Å². The summed E-state index contributed by atoms with van der Waals surface area (Å²) in [5, 5.41) is 0. The zero-order chi connectivity index (χ0) is 10.4. The minimum atomic E-state index is 0.325. The maximum absolute atomic E-state index is 6.78. The smallest absolute Gasteiger partial charge is 0.173 e. The van der Waals surface area contributed by atoms with E-state index in [1.807, 2.05) is 0 Å². The van der Waals surface area contributed by atoms with Gasteiger partial charge in [-0.05, 0) is 12.8 Å². The van der Waals surface area contributed by atoms with Crippen molar-refractivity contribution in [2.75, 3.05) is 0 Å². The van der Waals surface area contributed by atoms with Crippen LogP contribution in [0.25, 0.3) is 4.95 Å². The van der Waals surface area contributed by atoms with E-state index in [0.717, 1.165) is 5.84 Å². The summed E-state index contributed by atoms with van der Waals surface area (Å²) in [6, 6.07) is 0.454. The SMILES string of the molecule is [C-]#[N+]NC(=NC1CCCCC1)C(C)C.